The fourth-order valence-electron chi connectivity index (χ4n) is 3.02. The minimum absolute atomic E-state index is 0.172. The van der Waals surface area contributed by atoms with Crippen LogP contribution in [0.5, 0.6) is 0 Å². The molecule has 1 aliphatic rings. The Hall–Kier alpha value is -2.21. The Balaban J connectivity index is 1.54. The van der Waals surface area contributed by atoms with Crippen molar-refractivity contribution in [3.63, 3.8) is 0 Å². The van der Waals surface area contributed by atoms with E-state index < -0.39 is 0 Å². The van der Waals surface area contributed by atoms with Crippen LogP contribution in [0.2, 0.25) is 0 Å². The molecule has 0 unspecified atom stereocenters. The summed E-state index contributed by atoms with van der Waals surface area (Å²) >= 11 is 0. The summed E-state index contributed by atoms with van der Waals surface area (Å²) in [6, 6.07) is 5.47. The third-order valence-corrected chi connectivity index (χ3v) is 4.18. The highest BCUT2D eigenvalue weighted by molar-refractivity contribution is 5.93. The second kappa shape index (κ2) is 7.57. The molecule has 0 atom stereocenters. The first-order valence-electron chi connectivity index (χ1n) is 8.45. The Morgan fingerprint density at radius 3 is 2.62 bits per heavy atom. The van der Waals surface area contributed by atoms with Crippen LogP contribution >= 0.6 is 0 Å². The van der Waals surface area contributed by atoms with Crippen LogP contribution in [0.3, 0.4) is 0 Å². The fourth-order valence-corrected chi connectivity index (χ4v) is 3.02. The van der Waals surface area contributed by atoms with Crippen molar-refractivity contribution in [2.75, 3.05) is 0 Å². The minimum atomic E-state index is -0.188. The molecule has 0 saturated heterocycles. The molecule has 6 nitrogen and oxygen atoms in total. The van der Waals surface area contributed by atoms with Crippen LogP contribution in [-0.4, -0.2) is 34.3 Å². The SMILES string of the molecule is CC(C)OC1CCC(NC(=O)c2cc(-c3ccncc3)on2)CC1. The number of nitrogens with one attached hydrogen (secondary N) is 1. The van der Waals surface area contributed by atoms with Crippen LogP contribution in [0.25, 0.3) is 11.3 Å². The van der Waals surface area contributed by atoms with Crippen LogP contribution in [0.15, 0.2) is 35.1 Å². The van der Waals surface area contributed by atoms with Crippen molar-refractivity contribution in [2.45, 2.75) is 57.8 Å². The average Bonchev–Trinajstić information content (AvgIpc) is 3.07. The van der Waals surface area contributed by atoms with Crippen LogP contribution in [0.4, 0.5) is 0 Å². The van der Waals surface area contributed by atoms with E-state index in [9.17, 15) is 4.79 Å². The molecule has 2 heterocycles. The lowest BCUT2D eigenvalue weighted by molar-refractivity contribution is -0.0159. The second-order valence-corrected chi connectivity index (χ2v) is 6.44. The van der Waals surface area contributed by atoms with Gasteiger partial charge in [-0.3, -0.25) is 9.78 Å². The monoisotopic (exact) mass is 329 g/mol. The molecule has 1 amide bonds. The maximum atomic E-state index is 12.3. The Morgan fingerprint density at radius 2 is 1.96 bits per heavy atom. The van der Waals surface area contributed by atoms with Gasteiger partial charge in [-0.05, 0) is 51.7 Å². The molecule has 2 aromatic rings. The largest absolute Gasteiger partial charge is 0.376 e. The summed E-state index contributed by atoms with van der Waals surface area (Å²) < 4.78 is 11.1. The number of nitrogens with zero attached hydrogens (tertiary/aromatic N) is 2. The summed E-state index contributed by atoms with van der Waals surface area (Å²) in [5.74, 6) is 0.379. The van der Waals surface area contributed by atoms with E-state index in [4.69, 9.17) is 9.26 Å². The quantitative estimate of drug-likeness (QED) is 0.911. The number of hydrogen-bond acceptors (Lipinski definition) is 5. The smallest absolute Gasteiger partial charge is 0.273 e. The van der Waals surface area contributed by atoms with E-state index in [0.29, 0.717) is 17.6 Å². The van der Waals surface area contributed by atoms with E-state index in [-0.39, 0.29) is 18.1 Å². The summed E-state index contributed by atoms with van der Waals surface area (Å²) in [6.45, 7) is 4.11. The normalized spacial score (nSPS) is 21.0. The van der Waals surface area contributed by atoms with Crippen LogP contribution < -0.4 is 5.32 Å². The van der Waals surface area contributed by atoms with Gasteiger partial charge in [0, 0.05) is 30.1 Å². The first kappa shape index (κ1) is 16.6. The number of carbonyl (C=O) groups excluding carboxylic acids is 1. The van der Waals surface area contributed by atoms with E-state index in [1.54, 1.807) is 18.5 Å². The number of pyridine rings is 1. The molecule has 2 aromatic heterocycles. The van der Waals surface area contributed by atoms with Crippen LogP contribution in [0.1, 0.15) is 50.0 Å². The summed E-state index contributed by atoms with van der Waals surface area (Å²) in [5.41, 5.74) is 1.16. The van der Waals surface area contributed by atoms with Gasteiger partial charge in [-0.15, -0.1) is 0 Å². The van der Waals surface area contributed by atoms with Gasteiger partial charge in [0.2, 0.25) is 0 Å². The van der Waals surface area contributed by atoms with Crippen molar-refractivity contribution in [2.24, 2.45) is 0 Å². The third kappa shape index (κ3) is 4.20. The second-order valence-electron chi connectivity index (χ2n) is 6.44. The summed E-state index contributed by atoms with van der Waals surface area (Å²) in [7, 11) is 0. The van der Waals surface area contributed by atoms with Gasteiger partial charge < -0.3 is 14.6 Å². The molecule has 24 heavy (non-hydrogen) atoms. The topological polar surface area (TPSA) is 77.2 Å². The Labute approximate surface area is 141 Å². The zero-order chi connectivity index (χ0) is 16.9. The molecular weight excluding hydrogens is 306 g/mol. The molecule has 0 aromatic carbocycles. The van der Waals surface area contributed by atoms with Gasteiger partial charge in [-0.1, -0.05) is 5.16 Å². The first-order chi connectivity index (χ1) is 11.6. The van der Waals surface area contributed by atoms with Gasteiger partial charge in [-0.2, -0.15) is 0 Å². The lowest BCUT2D eigenvalue weighted by atomic mass is 9.92. The maximum absolute atomic E-state index is 12.3. The van der Waals surface area contributed by atoms with Gasteiger partial charge in [0.25, 0.3) is 5.91 Å². The number of ether oxygens (including phenoxy) is 1. The number of aromatic nitrogens is 2. The van der Waals surface area contributed by atoms with E-state index in [2.05, 4.69) is 29.3 Å². The van der Waals surface area contributed by atoms with Crippen LogP contribution in [0, 0.1) is 0 Å². The third-order valence-electron chi connectivity index (χ3n) is 4.18. The molecule has 0 spiro atoms. The Kier molecular flexibility index (Phi) is 5.25. The van der Waals surface area contributed by atoms with Gasteiger partial charge in [0.05, 0.1) is 12.2 Å². The molecule has 1 aliphatic carbocycles. The molecule has 128 valence electrons. The molecule has 1 saturated carbocycles. The van der Waals surface area contributed by atoms with Gasteiger partial charge >= 0.3 is 0 Å². The standard InChI is InChI=1S/C18H23N3O3/c1-12(2)23-15-5-3-14(4-6-15)20-18(22)16-11-17(24-21-16)13-7-9-19-10-8-13/h7-12,14-15H,3-6H2,1-2H3,(H,20,22). The summed E-state index contributed by atoms with van der Waals surface area (Å²) in [4.78, 5) is 16.3. The van der Waals surface area contributed by atoms with E-state index in [1.165, 1.54) is 0 Å². The fraction of sp³-hybridized carbons (Fsp3) is 0.500. The Bertz CT molecular complexity index is 661. The molecule has 1 N–H and O–H groups in total. The van der Waals surface area contributed by atoms with Crippen molar-refractivity contribution < 1.29 is 14.1 Å². The maximum Gasteiger partial charge on any atom is 0.273 e. The number of rotatable bonds is 5. The van der Waals surface area contributed by atoms with Crippen molar-refractivity contribution in [3.8, 4) is 11.3 Å². The zero-order valence-electron chi connectivity index (χ0n) is 14.1. The highest BCUT2D eigenvalue weighted by atomic mass is 16.5. The number of amides is 1. The van der Waals surface area contributed by atoms with Crippen molar-refractivity contribution >= 4 is 5.91 Å². The average molecular weight is 329 g/mol. The lowest BCUT2D eigenvalue weighted by Crippen LogP contribution is -2.39. The molecule has 6 heteroatoms. The first-order valence-corrected chi connectivity index (χ1v) is 8.45. The Morgan fingerprint density at radius 1 is 1.25 bits per heavy atom. The molecule has 0 radical (unpaired) electrons. The van der Waals surface area contributed by atoms with Crippen molar-refractivity contribution in [3.05, 3.63) is 36.3 Å². The molecule has 3 rings (SSSR count). The molecule has 0 bridgehead atoms. The molecule has 0 aliphatic heterocycles. The van der Waals surface area contributed by atoms with E-state index in [0.717, 1.165) is 31.2 Å². The minimum Gasteiger partial charge on any atom is -0.376 e. The number of carbonyl (C=O) groups is 1. The van der Waals surface area contributed by atoms with Gasteiger partial charge in [-0.25, -0.2) is 0 Å². The molecule has 1 fully saturated rings. The van der Waals surface area contributed by atoms with Gasteiger partial charge in [0.15, 0.2) is 11.5 Å². The molecular formula is C18H23N3O3. The zero-order valence-corrected chi connectivity index (χ0v) is 14.1. The number of hydrogen-bond donors (Lipinski definition) is 1. The lowest BCUT2D eigenvalue weighted by Gasteiger charge is -2.30. The van der Waals surface area contributed by atoms with Gasteiger partial charge in [0.1, 0.15) is 0 Å². The highest BCUT2D eigenvalue weighted by Gasteiger charge is 2.24. The summed E-state index contributed by atoms with van der Waals surface area (Å²) in [6.07, 6.45) is 7.72. The van der Waals surface area contributed by atoms with Crippen molar-refractivity contribution in [1.29, 1.82) is 0 Å². The van der Waals surface area contributed by atoms with Crippen LogP contribution in [-0.2, 0) is 4.74 Å². The van der Waals surface area contributed by atoms with E-state index in [1.807, 2.05) is 12.1 Å². The van der Waals surface area contributed by atoms with Crippen molar-refractivity contribution in [1.82, 2.24) is 15.5 Å². The highest BCUT2D eigenvalue weighted by Crippen LogP contribution is 2.23. The predicted molar refractivity (Wildman–Crippen MR) is 89.5 cm³/mol. The van der Waals surface area contributed by atoms with E-state index >= 15 is 0 Å². The predicted octanol–water partition coefficient (Wildman–Crippen LogP) is 3.20. The summed E-state index contributed by atoms with van der Waals surface area (Å²) in [5, 5.41) is 6.92.